The fourth-order valence-electron chi connectivity index (χ4n) is 2.29. The summed E-state index contributed by atoms with van der Waals surface area (Å²) in [5.74, 6) is 0.0252. The zero-order chi connectivity index (χ0) is 20.5. The molecule has 0 fully saturated rings. The van der Waals surface area contributed by atoms with Gasteiger partial charge in [0, 0.05) is 11.4 Å². The molecular formula is C21H23NO5S. The molecule has 1 atom stereocenters. The maximum absolute atomic E-state index is 12.5. The highest BCUT2D eigenvalue weighted by atomic mass is 32.2. The van der Waals surface area contributed by atoms with Gasteiger partial charge >= 0.3 is 5.97 Å². The molecule has 0 saturated heterocycles. The van der Waals surface area contributed by atoms with Crippen LogP contribution in [-0.2, 0) is 20.9 Å². The second kappa shape index (κ2) is 10.5. The maximum atomic E-state index is 12.5. The van der Waals surface area contributed by atoms with Crippen LogP contribution in [0.15, 0.2) is 53.4 Å². The molecule has 2 aromatic rings. The van der Waals surface area contributed by atoms with E-state index < -0.39 is 18.0 Å². The molecule has 0 spiro atoms. The number of hydrogen-bond donors (Lipinski definition) is 1. The number of benzene rings is 2. The molecule has 28 heavy (non-hydrogen) atoms. The maximum Gasteiger partial charge on any atom is 0.340 e. The fourth-order valence-corrected chi connectivity index (χ4v) is 3.13. The van der Waals surface area contributed by atoms with Gasteiger partial charge < -0.3 is 14.8 Å². The number of rotatable bonds is 9. The van der Waals surface area contributed by atoms with E-state index in [-0.39, 0.29) is 11.5 Å². The summed E-state index contributed by atoms with van der Waals surface area (Å²) in [6.07, 6.45) is -0.948. The number of methoxy groups -OCH3 is 1. The lowest BCUT2D eigenvalue weighted by molar-refractivity contribution is -0.129. The Morgan fingerprint density at radius 1 is 1.07 bits per heavy atom. The van der Waals surface area contributed by atoms with Gasteiger partial charge in [0.25, 0.3) is 5.91 Å². The average Bonchev–Trinajstić information content (AvgIpc) is 2.70. The quantitative estimate of drug-likeness (QED) is 0.513. The number of hydrogen-bond acceptors (Lipinski definition) is 6. The van der Waals surface area contributed by atoms with Crippen LogP contribution in [0.3, 0.4) is 0 Å². The molecule has 2 aromatic carbocycles. The van der Waals surface area contributed by atoms with Crippen LogP contribution in [0.5, 0.6) is 5.75 Å². The van der Waals surface area contributed by atoms with Crippen molar-refractivity contribution in [2.75, 3.05) is 12.9 Å². The highest BCUT2D eigenvalue weighted by molar-refractivity contribution is 8.00. The van der Waals surface area contributed by atoms with Gasteiger partial charge in [-0.3, -0.25) is 9.59 Å². The van der Waals surface area contributed by atoms with Gasteiger partial charge in [0.05, 0.1) is 18.4 Å². The number of amides is 1. The number of carbonyl (C=O) groups excluding carboxylic acids is 3. The summed E-state index contributed by atoms with van der Waals surface area (Å²) in [6.45, 7) is 3.32. The Labute approximate surface area is 168 Å². The molecule has 1 N–H and O–H groups in total. The van der Waals surface area contributed by atoms with Crippen molar-refractivity contribution in [1.82, 2.24) is 5.32 Å². The van der Waals surface area contributed by atoms with E-state index in [1.807, 2.05) is 12.1 Å². The van der Waals surface area contributed by atoms with Crippen LogP contribution in [0, 0.1) is 0 Å². The minimum absolute atomic E-state index is 0.0134. The summed E-state index contributed by atoms with van der Waals surface area (Å²) >= 11 is 1.27. The molecule has 1 amide bonds. The normalized spacial score (nSPS) is 11.4. The number of carbonyl (C=O) groups is 3. The number of ketones is 1. The summed E-state index contributed by atoms with van der Waals surface area (Å²) in [4.78, 5) is 36.5. The smallest absolute Gasteiger partial charge is 0.340 e. The van der Waals surface area contributed by atoms with Crippen LogP contribution in [0.1, 0.15) is 29.8 Å². The molecule has 0 aliphatic heterocycles. The Morgan fingerprint density at radius 3 is 2.39 bits per heavy atom. The number of nitrogens with one attached hydrogen (secondary N) is 1. The van der Waals surface area contributed by atoms with Gasteiger partial charge in [0.1, 0.15) is 11.5 Å². The average molecular weight is 401 g/mol. The zero-order valence-corrected chi connectivity index (χ0v) is 16.9. The van der Waals surface area contributed by atoms with E-state index in [4.69, 9.17) is 9.47 Å². The van der Waals surface area contributed by atoms with E-state index in [0.29, 0.717) is 17.0 Å². The van der Waals surface area contributed by atoms with Crippen LogP contribution in [-0.4, -0.2) is 36.6 Å². The van der Waals surface area contributed by atoms with Crippen molar-refractivity contribution in [2.24, 2.45) is 0 Å². The van der Waals surface area contributed by atoms with Crippen molar-refractivity contribution in [2.45, 2.75) is 31.4 Å². The minimum Gasteiger partial charge on any atom is -0.497 e. The molecule has 0 aliphatic carbocycles. The lowest BCUT2D eigenvalue weighted by Gasteiger charge is -2.15. The molecule has 0 radical (unpaired) electrons. The third-order valence-electron chi connectivity index (χ3n) is 3.82. The largest absolute Gasteiger partial charge is 0.497 e. The van der Waals surface area contributed by atoms with Gasteiger partial charge in [-0.2, -0.15) is 0 Å². The first-order chi connectivity index (χ1) is 13.4. The van der Waals surface area contributed by atoms with Gasteiger partial charge in [0.2, 0.25) is 0 Å². The monoisotopic (exact) mass is 401 g/mol. The third kappa shape index (κ3) is 6.42. The number of ether oxygens (including phenoxy) is 2. The van der Waals surface area contributed by atoms with Crippen molar-refractivity contribution in [3.63, 3.8) is 0 Å². The van der Waals surface area contributed by atoms with Gasteiger partial charge in [-0.1, -0.05) is 24.3 Å². The van der Waals surface area contributed by atoms with Gasteiger partial charge in [0.15, 0.2) is 6.10 Å². The first-order valence-electron chi connectivity index (χ1n) is 8.73. The lowest BCUT2D eigenvalue weighted by Crippen LogP contribution is -2.35. The Bertz CT molecular complexity index is 835. The molecule has 2 rings (SSSR count). The summed E-state index contributed by atoms with van der Waals surface area (Å²) in [6, 6.07) is 14.2. The summed E-state index contributed by atoms with van der Waals surface area (Å²) in [5.41, 5.74) is 1.24. The Kier molecular flexibility index (Phi) is 8.07. The van der Waals surface area contributed by atoms with Crippen LogP contribution in [0.4, 0.5) is 0 Å². The van der Waals surface area contributed by atoms with Gasteiger partial charge in [-0.15, -0.1) is 11.8 Å². The Morgan fingerprint density at radius 2 is 1.75 bits per heavy atom. The highest BCUT2D eigenvalue weighted by Crippen LogP contribution is 2.23. The van der Waals surface area contributed by atoms with E-state index in [1.54, 1.807) is 43.5 Å². The fraction of sp³-hybridized carbons (Fsp3) is 0.286. The molecular weight excluding hydrogens is 378 g/mol. The number of esters is 1. The summed E-state index contributed by atoms with van der Waals surface area (Å²) < 4.78 is 10.4. The molecule has 0 aromatic heterocycles. The van der Waals surface area contributed by atoms with Crippen LogP contribution in [0.2, 0.25) is 0 Å². The van der Waals surface area contributed by atoms with E-state index in [2.05, 4.69) is 5.32 Å². The highest BCUT2D eigenvalue weighted by Gasteiger charge is 2.20. The second-order valence-corrected chi connectivity index (χ2v) is 7.12. The minimum atomic E-state index is -0.948. The van der Waals surface area contributed by atoms with E-state index >= 15 is 0 Å². The molecule has 148 valence electrons. The van der Waals surface area contributed by atoms with E-state index in [1.165, 1.54) is 25.6 Å². The number of Topliss-reactive ketones (excluding diaryl/α,β-unsaturated/α-hetero) is 1. The summed E-state index contributed by atoms with van der Waals surface area (Å²) in [5, 5.41) is 2.74. The Hall–Kier alpha value is -2.80. The molecule has 0 saturated carbocycles. The zero-order valence-electron chi connectivity index (χ0n) is 16.1. The van der Waals surface area contributed by atoms with Gasteiger partial charge in [-0.05, 0) is 43.7 Å². The standard InChI is InChI=1S/C21H23NO5S/c1-14(23)13-28-19-7-5-4-6-18(19)21(25)27-15(2)20(24)22-12-16-8-10-17(26-3)11-9-16/h4-11,15H,12-13H2,1-3H3,(H,22,24)/t15-/m1/s1. The van der Waals surface area contributed by atoms with Crippen molar-refractivity contribution in [1.29, 1.82) is 0 Å². The van der Waals surface area contributed by atoms with Crippen LogP contribution >= 0.6 is 11.8 Å². The predicted molar refractivity (Wildman–Crippen MR) is 108 cm³/mol. The number of thioether (sulfide) groups is 1. The van der Waals surface area contributed by atoms with Crippen molar-refractivity contribution in [3.8, 4) is 5.75 Å². The van der Waals surface area contributed by atoms with Crippen LogP contribution < -0.4 is 10.1 Å². The Balaban J connectivity index is 1.92. The van der Waals surface area contributed by atoms with Crippen molar-refractivity contribution >= 4 is 29.4 Å². The van der Waals surface area contributed by atoms with Crippen molar-refractivity contribution in [3.05, 3.63) is 59.7 Å². The van der Waals surface area contributed by atoms with E-state index in [9.17, 15) is 14.4 Å². The molecule has 0 bridgehead atoms. The van der Waals surface area contributed by atoms with Crippen LogP contribution in [0.25, 0.3) is 0 Å². The topological polar surface area (TPSA) is 81.7 Å². The molecule has 7 heteroatoms. The molecule has 0 aliphatic rings. The van der Waals surface area contributed by atoms with Gasteiger partial charge in [-0.25, -0.2) is 4.79 Å². The lowest BCUT2D eigenvalue weighted by atomic mass is 10.2. The second-order valence-electron chi connectivity index (χ2n) is 6.10. The molecule has 0 unspecified atom stereocenters. The third-order valence-corrected chi connectivity index (χ3v) is 5.03. The molecule has 0 heterocycles. The molecule has 6 nitrogen and oxygen atoms in total. The summed E-state index contributed by atoms with van der Waals surface area (Å²) in [7, 11) is 1.59. The first kappa shape index (κ1) is 21.5. The SMILES string of the molecule is COc1ccc(CNC(=O)[C@@H](C)OC(=O)c2ccccc2SCC(C)=O)cc1. The predicted octanol–water partition coefficient (Wildman–Crippen LogP) is 3.24. The first-order valence-corrected chi connectivity index (χ1v) is 9.72. The van der Waals surface area contributed by atoms with E-state index in [0.717, 1.165) is 11.3 Å². The van der Waals surface area contributed by atoms with Crippen molar-refractivity contribution < 1.29 is 23.9 Å².